The molecular formula is C18H19F2NO4. The smallest absolute Gasteiger partial charge is 0.336 e. The maximum absolute atomic E-state index is 13.8. The lowest BCUT2D eigenvalue weighted by atomic mass is 9.80. The van der Waals surface area contributed by atoms with E-state index in [1.165, 1.54) is 7.11 Å². The van der Waals surface area contributed by atoms with E-state index in [2.05, 4.69) is 0 Å². The van der Waals surface area contributed by atoms with Crippen LogP contribution in [0.3, 0.4) is 0 Å². The number of carbonyl (C=O) groups excluding carboxylic acids is 2. The highest BCUT2D eigenvalue weighted by molar-refractivity contribution is 5.92. The van der Waals surface area contributed by atoms with Crippen LogP contribution in [0.15, 0.2) is 40.7 Å². The number of nitrogens with zero attached hydrogens (tertiary/aromatic N) is 1. The first-order chi connectivity index (χ1) is 11.8. The zero-order valence-electron chi connectivity index (χ0n) is 14.4. The highest BCUT2D eigenvalue weighted by atomic mass is 19.1. The van der Waals surface area contributed by atoms with Gasteiger partial charge in [0, 0.05) is 30.4 Å². The van der Waals surface area contributed by atoms with E-state index in [1.54, 1.807) is 25.8 Å². The number of benzene rings is 1. The van der Waals surface area contributed by atoms with Crippen molar-refractivity contribution in [3.8, 4) is 0 Å². The maximum atomic E-state index is 13.8. The Labute approximate surface area is 144 Å². The summed E-state index contributed by atoms with van der Waals surface area (Å²) in [5.74, 6) is -2.92. The maximum Gasteiger partial charge on any atom is 0.336 e. The van der Waals surface area contributed by atoms with Crippen LogP contribution in [0.5, 0.6) is 0 Å². The molecule has 1 aromatic carbocycles. The molecule has 0 bridgehead atoms. The number of ether oxygens (including phenoxy) is 2. The monoisotopic (exact) mass is 351 g/mol. The van der Waals surface area contributed by atoms with E-state index < -0.39 is 23.5 Å². The fourth-order valence-corrected chi connectivity index (χ4v) is 3.04. The SMILES string of the molecule is COC(=O)C1=C(C)N(C)C(C)=C(COC=O)C1c1cc(F)cc(F)c1. The highest BCUT2D eigenvalue weighted by Crippen LogP contribution is 2.42. The van der Waals surface area contributed by atoms with Crippen molar-refractivity contribution >= 4 is 12.4 Å². The first kappa shape index (κ1) is 18.6. The third kappa shape index (κ3) is 3.55. The molecule has 0 saturated heterocycles. The van der Waals surface area contributed by atoms with Gasteiger partial charge in [-0.15, -0.1) is 0 Å². The summed E-state index contributed by atoms with van der Waals surface area (Å²) in [5, 5.41) is 0. The molecule has 0 spiro atoms. The van der Waals surface area contributed by atoms with Gasteiger partial charge in [-0.1, -0.05) is 0 Å². The molecule has 1 unspecified atom stereocenters. The lowest BCUT2D eigenvalue weighted by molar-refractivity contribution is -0.136. The molecule has 0 amide bonds. The van der Waals surface area contributed by atoms with Crippen molar-refractivity contribution in [2.24, 2.45) is 0 Å². The molecule has 0 saturated carbocycles. The molecule has 1 aromatic rings. The molecule has 2 rings (SSSR count). The Morgan fingerprint density at radius 3 is 2.32 bits per heavy atom. The summed E-state index contributed by atoms with van der Waals surface area (Å²) in [6.07, 6.45) is 0. The normalized spacial score (nSPS) is 17.7. The Morgan fingerprint density at radius 2 is 1.80 bits per heavy atom. The summed E-state index contributed by atoms with van der Waals surface area (Å²) in [6.45, 7) is 3.67. The molecular weight excluding hydrogens is 332 g/mol. The average Bonchev–Trinajstić information content (AvgIpc) is 2.57. The van der Waals surface area contributed by atoms with Crippen molar-refractivity contribution in [2.75, 3.05) is 20.8 Å². The van der Waals surface area contributed by atoms with Crippen molar-refractivity contribution in [1.29, 1.82) is 0 Å². The topological polar surface area (TPSA) is 55.8 Å². The predicted octanol–water partition coefficient (Wildman–Crippen LogP) is 2.89. The molecule has 134 valence electrons. The molecule has 1 aliphatic rings. The summed E-state index contributed by atoms with van der Waals surface area (Å²) < 4.78 is 37.3. The average molecular weight is 351 g/mol. The Bertz CT molecular complexity index is 750. The summed E-state index contributed by atoms with van der Waals surface area (Å²) >= 11 is 0. The molecule has 1 atom stereocenters. The number of halogens is 2. The number of hydrogen-bond acceptors (Lipinski definition) is 5. The third-order valence-electron chi connectivity index (χ3n) is 4.43. The van der Waals surface area contributed by atoms with E-state index in [4.69, 9.17) is 9.47 Å². The van der Waals surface area contributed by atoms with Gasteiger partial charge in [0.15, 0.2) is 0 Å². The van der Waals surface area contributed by atoms with Gasteiger partial charge in [0.2, 0.25) is 0 Å². The van der Waals surface area contributed by atoms with Gasteiger partial charge in [-0.3, -0.25) is 4.79 Å². The minimum atomic E-state index is -0.784. The summed E-state index contributed by atoms with van der Waals surface area (Å²) in [7, 11) is 2.98. The molecule has 1 heterocycles. The fraction of sp³-hybridized carbons (Fsp3) is 0.333. The lowest BCUT2D eigenvalue weighted by Gasteiger charge is -2.36. The highest BCUT2D eigenvalue weighted by Gasteiger charge is 2.36. The Balaban J connectivity index is 2.71. The van der Waals surface area contributed by atoms with Crippen molar-refractivity contribution in [3.05, 3.63) is 57.9 Å². The van der Waals surface area contributed by atoms with Crippen LogP contribution in [0, 0.1) is 11.6 Å². The van der Waals surface area contributed by atoms with Gasteiger partial charge in [-0.05, 0) is 37.1 Å². The van der Waals surface area contributed by atoms with Gasteiger partial charge in [-0.25, -0.2) is 13.6 Å². The van der Waals surface area contributed by atoms with Gasteiger partial charge in [0.1, 0.15) is 18.2 Å². The Morgan fingerprint density at radius 1 is 1.20 bits per heavy atom. The van der Waals surface area contributed by atoms with Crippen LogP contribution in [0.2, 0.25) is 0 Å². The molecule has 0 fully saturated rings. The fourth-order valence-electron chi connectivity index (χ4n) is 3.04. The minimum absolute atomic E-state index is 0.115. The van der Waals surface area contributed by atoms with Gasteiger partial charge in [-0.2, -0.15) is 0 Å². The zero-order chi connectivity index (χ0) is 18.7. The van der Waals surface area contributed by atoms with Crippen molar-refractivity contribution in [1.82, 2.24) is 4.90 Å². The number of carbonyl (C=O) groups is 2. The standard InChI is InChI=1S/C18H19F2NO4/c1-10-15(8-25-9-22)17(12-5-13(19)7-14(20)6-12)16(18(23)24-4)11(2)21(10)3/h5-7,9,17H,8H2,1-4H3. The largest absolute Gasteiger partial charge is 0.466 e. The van der Waals surface area contributed by atoms with E-state index in [0.29, 0.717) is 11.3 Å². The van der Waals surface area contributed by atoms with Crippen molar-refractivity contribution in [2.45, 2.75) is 19.8 Å². The van der Waals surface area contributed by atoms with Crippen molar-refractivity contribution < 1.29 is 27.8 Å². The van der Waals surface area contributed by atoms with Crippen LogP contribution in [-0.4, -0.2) is 38.1 Å². The third-order valence-corrected chi connectivity index (χ3v) is 4.43. The molecule has 25 heavy (non-hydrogen) atoms. The number of esters is 1. The first-order valence-electron chi connectivity index (χ1n) is 7.55. The van der Waals surface area contributed by atoms with Crippen molar-refractivity contribution in [3.63, 3.8) is 0 Å². The quantitative estimate of drug-likeness (QED) is 0.603. The van der Waals surface area contributed by atoms with Crippen LogP contribution in [0.25, 0.3) is 0 Å². The van der Waals surface area contributed by atoms with Crippen LogP contribution in [0.4, 0.5) is 8.78 Å². The number of hydrogen-bond donors (Lipinski definition) is 0. The molecule has 5 nitrogen and oxygen atoms in total. The number of rotatable bonds is 5. The Kier molecular flexibility index (Phi) is 5.56. The second-order valence-electron chi connectivity index (χ2n) is 5.70. The first-order valence-corrected chi connectivity index (χ1v) is 7.55. The molecule has 7 heteroatoms. The second-order valence-corrected chi connectivity index (χ2v) is 5.70. The van der Waals surface area contributed by atoms with Gasteiger partial charge in [0.05, 0.1) is 12.7 Å². The van der Waals surface area contributed by atoms with E-state index in [-0.39, 0.29) is 24.2 Å². The summed E-state index contributed by atoms with van der Waals surface area (Å²) in [4.78, 5) is 24.8. The van der Waals surface area contributed by atoms with Gasteiger partial charge < -0.3 is 14.4 Å². The molecule has 1 aliphatic heterocycles. The second kappa shape index (κ2) is 7.46. The van der Waals surface area contributed by atoms with Gasteiger partial charge >= 0.3 is 5.97 Å². The number of allylic oxidation sites excluding steroid dienone is 2. The van der Waals surface area contributed by atoms with Crippen LogP contribution in [0.1, 0.15) is 25.3 Å². The predicted molar refractivity (Wildman–Crippen MR) is 86.3 cm³/mol. The number of methoxy groups -OCH3 is 1. The molecule has 0 radical (unpaired) electrons. The molecule has 0 aromatic heterocycles. The lowest BCUT2D eigenvalue weighted by Crippen LogP contribution is -2.31. The molecule has 0 aliphatic carbocycles. The summed E-state index contributed by atoms with van der Waals surface area (Å²) in [5.41, 5.74) is 2.35. The van der Waals surface area contributed by atoms with Crippen LogP contribution >= 0.6 is 0 Å². The van der Waals surface area contributed by atoms with Crippen LogP contribution < -0.4 is 0 Å². The van der Waals surface area contributed by atoms with Crippen LogP contribution in [-0.2, 0) is 19.1 Å². The molecule has 0 N–H and O–H groups in total. The summed E-state index contributed by atoms with van der Waals surface area (Å²) in [6, 6.07) is 3.07. The van der Waals surface area contributed by atoms with E-state index >= 15 is 0 Å². The zero-order valence-corrected chi connectivity index (χ0v) is 14.4. The van der Waals surface area contributed by atoms with Gasteiger partial charge in [0.25, 0.3) is 6.47 Å². The van der Waals surface area contributed by atoms with E-state index in [1.807, 2.05) is 0 Å². The van der Waals surface area contributed by atoms with E-state index in [0.717, 1.165) is 23.9 Å². The Hall–Kier alpha value is -2.70. The van der Waals surface area contributed by atoms with E-state index in [9.17, 15) is 18.4 Å². The minimum Gasteiger partial charge on any atom is -0.466 e.